The largest absolute Gasteiger partial charge is 0.352 e. The van der Waals surface area contributed by atoms with Crippen LogP contribution < -0.4 is 5.32 Å². The van der Waals surface area contributed by atoms with E-state index in [-0.39, 0.29) is 11.3 Å². The Kier molecular flexibility index (Phi) is 6.23. The van der Waals surface area contributed by atoms with Gasteiger partial charge >= 0.3 is 0 Å². The summed E-state index contributed by atoms with van der Waals surface area (Å²) in [7, 11) is 0. The van der Waals surface area contributed by atoms with E-state index in [9.17, 15) is 4.79 Å². The minimum atomic E-state index is -0.135. The lowest BCUT2D eigenvalue weighted by molar-refractivity contribution is -0.121. The number of rotatable bonds is 8. The van der Waals surface area contributed by atoms with Crippen LogP contribution in [0.4, 0.5) is 0 Å². The summed E-state index contributed by atoms with van der Waals surface area (Å²) in [5, 5.41) is 11.3. The van der Waals surface area contributed by atoms with Gasteiger partial charge in [0.2, 0.25) is 11.8 Å². The van der Waals surface area contributed by atoms with Gasteiger partial charge in [0.15, 0.2) is 5.82 Å². The molecule has 0 unspecified atom stereocenters. The van der Waals surface area contributed by atoms with Gasteiger partial charge in [0.25, 0.3) is 0 Å². The van der Waals surface area contributed by atoms with Crippen molar-refractivity contribution in [2.75, 3.05) is 0 Å². The maximum atomic E-state index is 12.1. The zero-order chi connectivity index (χ0) is 20.0. The van der Waals surface area contributed by atoms with Gasteiger partial charge in [0.05, 0.1) is 12.7 Å². The van der Waals surface area contributed by atoms with Crippen molar-refractivity contribution < 1.29 is 9.32 Å². The van der Waals surface area contributed by atoms with Gasteiger partial charge in [-0.15, -0.1) is 0 Å². The normalized spacial score (nSPS) is 11.5. The number of carbonyl (C=O) groups excluding carboxylic acids is 1. The molecule has 2 heterocycles. The molecule has 0 aliphatic heterocycles. The Labute approximate surface area is 165 Å². The van der Waals surface area contributed by atoms with E-state index >= 15 is 0 Å². The number of amides is 1. The molecule has 0 saturated carbocycles. The Balaban J connectivity index is 1.38. The zero-order valence-corrected chi connectivity index (χ0v) is 16.7. The van der Waals surface area contributed by atoms with E-state index in [1.807, 2.05) is 49.8 Å². The van der Waals surface area contributed by atoms with E-state index in [1.54, 1.807) is 6.20 Å². The molecule has 0 atom stereocenters. The van der Waals surface area contributed by atoms with Crippen LogP contribution in [0.5, 0.6) is 0 Å². The first kappa shape index (κ1) is 19.8. The number of aromatic nitrogens is 4. The van der Waals surface area contributed by atoms with Gasteiger partial charge in [-0.3, -0.25) is 9.48 Å². The number of hydrogen-bond acceptors (Lipinski definition) is 5. The first-order valence-corrected chi connectivity index (χ1v) is 9.55. The molecule has 1 N–H and O–H groups in total. The molecule has 0 spiro atoms. The van der Waals surface area contributed by atoms with E-state index in [4.69, 9.17) is 4.52 Å². The predicted molar refractivity (Wildman–Crippen MR) is 106 cm³/mol. The van der Waals surface area contributed by atoms with E-state index in [0.717, 1.165) is 12.1 Å². The third kappa shape index (κ3) is 5.77. The van der Waals surface area contributed by atoms with E-state index in [0.29, 0.717) is 37.5 Å². The lowest BCUT2D eigenvalue weighted by Gasteiger charge is -2.10. The average molecular weight is 381 g/mol. The number of benzene rings is 1. The van der Waals surface area contributed by atoms with Crippen molar-refractivity contribution >= 4 is 5.91 Å². The fourth-order valence-corrected chi connectivity index (χ4v) is 2.70. The minimum Gasteiger partial charge on any atom is -0.352 e. The van der Waals surface area contributed by atoms with Crippen molar-refractivity contribution in [1.29, 1.82) is 0 Å². The molecule has 0 radical (unpaired) electrons. The van der Waals surface area contributed by atoms with Gasteiger partial charge in [-0.25, -0.2) is 0 Å². The summed E-state index contributed by atoms with van der Waals surface area (Å²) in [5.41, 5.74) is 2.04. The molecule has 148 valence electrons. The lowest BCUT2D eigenvalue weighted by Crippen LogP contribution is -2.22. The lowest BCUT2D eigenvalue weighted by atomic mass is 9.96. The summed E-state index contributed by atoms with van der Waals surface area (Å²) >= 11 is 0. The van der Waals surface area contributed by atoms with E-state index < -0.39 is 0 Å². The SMILES string of the molecule is CC(C)(C)c1noc(CCCC(=O)NCc2cnn(Cc3ccccc3)c2)n1. The Hall–Kier alpha value is -2.96. The molecule has 3 aromatic rings. The summed E-state index contributed by atoms with van der Waals surface area (Å²) in [6.45, 7) is 7.31. The smallest absolute Gasteiger partial charge is 0.226 e. The van der Waals surface area contributed by atoms with Crippen LogP contribution in [-0.2, 0) is 29.7 Å². The fourth-order valence-electron chi connectivity index (χ4n) is 2.70. The third-order valence-electron chi connectivity index (χ3n) is 4.30. The number of aryl methyl sites for hydroxylation is 1. The van der Waals surface area contributed by atoms with Crippen molar-refractivity contribution in [2.24, 2.45) is 0 Å². The highest BCUT2D eigenvalue weighted by Crippen LogP contribution is 2.18. The summed E-state index contributed by atoms with van der Waals surface area (Å²) in [5.74, 6) is 1.28. The molecule has 0 aliphatic carbocycles. The molecule has 0 aliphatic rings. The standard InChI is InChI=1S/C21H27N5O2/c1-21(2,3)20-24-19(28-25-20)11-7-10-18(27)22-12-17-13-23-26(15-17)14-16-8-5-4-6-9-16/h4-6,8-9,13,15H,7,10-12,14H2,1-3H3,(H,22,27). The van der Waals surface area contributed by atoms with Crippen LogP contribution in [0.3, 0.4) is 0 Å². The Morgan fingerprint density at radius 3 is 2.68 bits per heavy atom. The molecular weight excluding hydrogens is 354 g/mol. The molecule has 1 amide bonds. The highest BCUT2D eigenvalue weighted by Gasteiger charge is 2.20. The topological polar surface area (TPSA) is 85.8 Å². The third-order valence-corrected chi connectivity index (χ3v) is 4.30. The number of hydrogen-bond donors (Lipinski definition) is 1. The molecule has 7 nitrogen and oxygen atoms in total. The monoisotopic (exact) mass is 381 g/mol. The average Bonchev–Trinajstić information content (AvgIpc) is 3.30. The number of carbonyl (C=O) groups is 1. The van der Waals surface area contributed by atoms with Crippen LogP contribution in [0.1, 0.15) is 56.5 Å². The van der Waals surface area contributed by atoms with E-state index in [1.165, 1.54) is 5.56 Å². The minimum absolute atomic E-state index is 0.00590. The molecule has 28 heavy (non-hydrogen) atoms. The van der Waals surface area contributed by atoms with Crippen LogP contribution in [0.25, 0.3) is 0 Å². The number of nitrogens with one attached hydrogen (secondary N) is 1. The van der Waals surface area contributed by atoms with Crippen molar-refractivity contribution in [3.8, 4) is 0 Å². The second-order valence-corrected chi connectivity index (χ2v) is 7.92. The predicted octanol–water partition coefficient (Wildman–Crippen LogP) is 3.25. The second kappa shape index (κ2) is 8.82. The van der Waals surface area contributed by atoms with E-state index in [2.05, 4.69) is 32.7 Å². The Morgan fingerprint density at radius 2 is 1.96 bits per heavy atom. The molecule has 0 bridgehead atoms. The first-order chi connectivity index (χ1) is 13.4. The molecule has 7 heteroatoms. The summed E-state index contributed by atoms with van der Waals surface area (Å²) in [6, 6.07) is 10.2. The summed E-state index contributed by atoms with van der Waals surface area (Å²) < 4.78 is 7.12. The van der Waals surface area contributed by atoms with Gasteiger partial charge in [0, 0.05) is 36.6 Å². The van der Waals surface area contributed by atoms with Crippen molar-refractivity contribution in [3.63, 3.8) is 0 Å². The van der Waals surface area contributed by atoms with Gasteiger partial charge < -0.3 is 9.84 Å². The van der Waals surface area contributed by atoms with Crippen molar-refractivity contribution in [2.45, 2.75) is 58.5 Å². The molecular formula is C21H27N5O2. The van der Waals surface area contributed by atoms with Crippen LogP contribution >= 0.6 is 0 Å². The van der Waals surface area contributed by atoms with Crippen LogP contribution in [0.2, 0.25) is 0 Å². The highest BCUT2D eigenvalue weighted by atomic mass is 16.5. The number of nitrogens with zero attached hydrogens (tertiary/aromatic N) is 4. The quantitative estimate of drug-likeness (QED) is 0.647. The molecule has 1 aromatic carbocycles. The van der Waals surface area contributed by atoms with Gasteiger partial charge in [-0.2, -0.15) is 10.1 Å². The summed E-state index contributed by atoms with van der Waals surface area (Å²) in [6.07, 6.45) is 5.44. The maximum Gasteiger partial charge on any atom is 0.226 e. The van der Waals surface area contributed by atoms with Crippen molar-refractivity contribution in [1.82, 2.24) is 25.2 Å². The molecule has 0 fully saturated rings. The van der Waals surface area contributed by atoms with Gasteiger partial charge in [0.1, 0.15) is 0 Å². The first-order valence-electron chi connectivity index (χ1n) is 9.55. The van der Waals surface area contributed by atoms with Crippen molar-refractivity contribution in [3.05, 3.63) is 65.6 Å². The zero-order valence-electron chi connectivity index (χ0n) is 16.7. The Bertz CT molecular complexity index is 893. The van der Waals surface area contributed by atoms with Crippen LogP contribution in [0.15, 0.2) is 47.2 Å². The summed E-state index contributed by atoms with van der Waals surface area (Å²) in [4.78, 5) is 16.5. The van der Waals surface area contributed by atoms with Gasteiger partial charge in [-0.05, 0) is 12.0 Å². The highest BCUT2D eigenvalue weighted by molar-refractivity contribution is 5.75. The fraction of sp³-hybridized carbons (Fsp3) is 0.429. The molecule has 0 saturated heterocycles. The van der Waals surface area contributed by atoms with Crippen LogP contribution in [0, 0.1) is 0 Å². The maximum absolute atomic E-state index is 12.1. The Morgan fingerprint density at radius 1 is 1.18 bits per heavy atom. The molecule has 3 rings (SSSR count). The molecule has 2 aromatic heterocycles. The second-order valence-electron chi connectivity index (χ2n) is 7.92. The van der Waals surface area contributed by atoms with Gasteiger partial charge in [-0.1, -0.05) is 56.3 Å². The van der Waals surface area contributed by atoms with Crippen LogP contribution in [-0.4, -0.2) is 25.8 Å².